The third kappa shape index (κ3) is 2.99. The number of H-pyrrole nitrogens is 2. The van der Waals surface area contributed by atoms with E-state index in [0.717, 1.165) is 10.9 Å². The van der Waals surface area contributed by atoms with Crippen molar-refractivity contribution >= 4 is 22.3 Å². The molecule has 8 heteroatoms. The van der Waals surface area contributed by atoms with Gasteiger partial charge in [0.15, 0.2) is 0 Å². The normalized spacial score (nSPS) is 9.80. The van der Waals surface area contributed by atoms with Crippen LogP contribution in [0.5, 0.6) is 0 Å². The minimum atomic E-state index is -0.448. The summed E-state index contributed by atoms with van der Waals surface area (Å²) in [6, 6.07) is 7.94. The van der Waals surface area contributed by atoms with Gasteiger partial charge in [-0.3, -0.25) is 20.2 Å². The van der Waals surface area contributed by atoms with E-state index in [-0.39, 0.29) is 11.4 Å². The molecule has 0 aliphatic rings. The summed E-state index contributed by atoms with van der Waals surface area (Å²) in [5, 5.41) is 21.1. The summed E-state index contributed by atoms with van der Waals surface area (Å²) in [6.07, 6.45) is 4.60. The van der Waals surface area contributed by atoms with Gasteiger partial charge in [0.25, 0.3) is 11.4 Å². The zero-order chi connectivity index (χ0) is 14.5. The molecule has 3 rings (SSSR count). The second kappa shape index (κ2) is 5.65. The molecule has 2 aromatic heterocycles. The summed E-state index contributed by atoms with van der Waals surface area (Å²) in [7, 11) is 0. The van der Waals surface area contributed by atoms with Crippen LogP contribution < -0.4 is 0 Å². The van der Waals surface area contributed by atoms with Gasteiger partial charge in [-0.1, -0.05) is 0 Å². The van der Waals surface area contributed by atoms with Crippen LogP contribution in [0.4, 0.5) is 11.4 Å². The first-order valence-corrected chi connectivity index (χ1v) is 5.56. The fraction of sp³-hybridized carbons (Fsp3) is 0. The van der Waals surface area contributed by atoms with E-state index in [4.69, 9.17) is 0 Å². The Kier molecular flexibility index (Phi) is 3.75. The molecule has 2 heterocycles. The van der Waals surface area contributed by atoms with E-state index < -0.39 is 9.85 Å². The smallest absolute Gasteiger partial charge is 0.286 e. The van der Waals surface area contributed by atoms with E-state index in [9.17, 15) is 20.2 Å². The summed E-state index contributed by atoms with van der Waals surface area (Å²) in [5.74, 6) is 0. The van der Waals surface area contributed by atoms with E-state index in [1.165, 1.54) is 24.5 Å². The fourth-order valence-electron chi connectivity index (χ4n) is 1.58. The number of non-ortho nitro benzene ring substituents is 1. The van der Waals surface area contributed by atoms with Gasteiger partial charge in [0, 0.05) is 41.5 Å². The number of hydrogen-bond acceptors (Lipinski definition) is 4. The maximum absolute atomic E-state index is 10.4. The van der Waals surface area contributed by atoms with E-state index in [0.29, 0.717) is 0 Å². The summed E-state index contributed by atoms with van der Waals surface area (Å²) in [6.45, 7) is 0. The van der Waals surface area contributed by atoms with E-state index in [1.807, 2.05) is 6.07 Å². The zero-order valence-electron chi connectivity index (χ0n) is 10.1. The first-order valence-electron chi connectivity index (χ1n) is 5.56. The Hall–Kier alpha value is -3.16. The van der Waals surface area contributed by atoms with Gasteiger partial charge >= 0.3 is 0 Å². The van der Waals surface area contributed by atoms with Crippen LogP contribution in [0.3, 0.4) is 0 Å². The highest BCUT2D eigenvalue weighted by Crippen LogP contribution is 2.18. The highest BCUT2D eigenvalue weighted by atomic mass is 16.6. The van der Waals surface area contributed by atoms with Crippen LogP contribution in [0.25, 0.3) is 10.9 Å². The molecule has 0 fully saturated rings. The first-order chi connectivity index (χ1) is 9.58. The second-order valence-corrected chi connectivity index (χ2v) is 3.83. The van der Waals surface area contributed by atoms with E-state index >= 15 is 0 Å². The largest absolute Gasteiger partial charge is 0.362 e. The van der Waals surface area contributed by atoms with Crippen molar-refractivity contribution in [3.8, 4) is 0 Å². The molecule has 0 aliphatic carbocycles. The number of aromatic nitrogens is 2. The summed E-state index contributed by atoms with van der Waals surface area (Å²) in [4.78, 5) is 24.9. The molecule has 0 amide bonds. The van der Waals surface area contributed by atoms with Crippen LogP contribution in [0, 0.1) is 20.2 Å². The standard InChI is InChI=1S/C8H6N2O2.C4H4N2O2/c11-10(12)7-1-2-8-6(5-7)3-4-9-8;7-6(8)4-1-2-5-3-4/h1-5,9H;1-3,5H. The predicted octanol–water partition coefficient (Wildman–Crippen LogP) is 3.00. The lowest BCUT2D eigenvalue weighted by Gasteiger charge is -1.90. The molecule has 3 aromatic rings. The zero-order valence-corrected chi connectivity index (χ0v) is 10.1. The number of nitro groups is 2. The molecule has 0 unspecified atom stereocenters. The molecule has 8 nitrogen and oxygen atoms in total. The number of aromatic amines is 2. The molecule has 0 aliphatic heterocycles. The quantitative estimate of drug-likeness (QED) is 0.551. The minimum absolute atomic E-state index is 0.102. The van der Waals surface area contributed by atoms with Gasteiger partial charge in [0.2, 0.25) is 0 Å². The van der Waals surface area contributed by atoms with E-state index in [2.05, 4.69) is 9.97 Å². The number of nitrogens with zero attached hydrogens (tertiary/aromatic N) is 2. The van der Waals surface area contributed by atoms with Gasteiger partial charge in [0.1, 0.15) is 0 Å². The Morgan fingerprint density at radius 1 is 0.900 bits per heavy atom. The van der Waals surface area contributed by atoms with Gasteiger partial charge in [-0.05, 0) is 12.1 Å². The molecule has 0 bridgehead atoms. The average molecular weight is 274 g/mol. The molecule has 1 aromatic carbocycles. The van der Waals surface area contributed by atoms with Gasteiger partial charge in [-0.15, -0.1) is 0 Å². The lowest BCUT2D eigenvalue weighted by Crippen LogP contribution is -1.86. The van der Waals surface area contributed by atoms with Crippen LogP contribution in [0.2, 0.25) is 0 Å². The molecule has 0 saturated carbocycles. The van der Waals surface area contributed by atoms with Gasteiger partial charge < -0.3 is 9.97 Å². The second-order valence-electron chi connectivity index (χ2n) is 3.83. The van der Waals surface area contributed by atoms with Crippen LogP contribution in [-0.2, 0) is 0 Å². The van der Waals surface area contributed by atoms with Crippen molar-refractivity contribution in [1.82, 2.24) is 9.97 Å². The van der Waals surface area contributed by atoms with Crippen molar-refractivity contribution in [2.75, 3.05) is 0 Å². The number of nitro benzene ring substituents is 1. The molecule has 20 heavy (non-hydrogen) atoms. The molecule has 2 N–H and O–H groups in total. The predicted molar refractivity (Wildman–Crippen MR) is 72.4 cm³/mol. The molecule has 102 valence electrons. The monoisotopic (exact) mass is 274 g/mol. The van der Waals surface area contributed by atoms with Crippen molar-refractivity contribution in [3.63, 3.8) is 0 Å². The number of nitrogens with one attached hydrogen (secondary N) is 2. The average Bonchev–Trinajstić information content (AvgIpc) is 3.10. The molecular formula is C12H10N4O4. The SMILES string of the molecule is O=[N+]([O-])c1cc[nH]c1.O=[N+]([O-])c1ccc2[nH]ccc2c1. The van der Waals surface area contributed by atoms with Gasteiger partial charge in [-0.2, -0.15) is 0 Å². The molecule has 0 radical (unpaired) electrons. The van der Waals surface area contributed by atoms with Crippen LogP contribution in [-0.4, -0.2) is 19.8 Å². The lowest BCUT2D eigenvalue weighted by molar-refractivity contribution is -0.384. The molecule has 0 spiro atoms. The van der Waals surface area contributed by atoms with Crippen molar-refractivity contribution in [2.45, 2.75) is 0 Å². The Labute approximate surface area is 112 Å². The number of hydrogen-bond donors (Lipinski definition) is 2. The third-order valence-electron chi connectivity index (χ3n) is 2.54. The highest BCUT2D eigenvalue weighted by Gasteiger charge is 2.05. The Morgan fingerprint density at radius 3 is 2.20 bits per heavy atom. The minimum Gasteiger partial charge on any atom is -0.362 e. The first kappa shape index (κ1) is 13.3. The third-order valence-corrected chi connectivity index (χ3v) is 2.54. The van der Waals surface area contributed by atoms with Crippen molar-refractivity contribution in [1.29, 1.82) is 0 Å². The summed E-state index contributed by atoms with van der Waals surface area (Å²) >= 11 is 0. The molecular weight excluding hydrogens is 264 g/mol. The summed E-state index contributed by atoms with van der Waals surface area (Å²) < 4.78 is 0. The van der Waals surface area contributed by atoms with Gasteiger partial charge in [-0.25, -0.2) is 0 Å². The fourth-order valence-corrected chi connectivity index (χ4v) is 1.58. The maximum Gasteiger partial charge on any atom is 0.286 e. The van der Waals surface area contributed by atoms with E-state index in [1.54, 1.807) is 18.3 Å². The summed E-state index contributed by atoms with van der Waals surface area (Å²) in [5.41, 5.74) is 1.15. The lowest BCUT2D eigenvalue weighted by atomic mass is 10.2. The van der Waals surface area contributed by atoms with Gasteiger partial charge in [0.05, 0.1) is 16.0 Å². The molecule has 0 saturated heterocycles. The number of benzene rings is 1. The van der Waals surface area contributed by atoms with Crippen LogP contribution in [0.15, 0.2) is 48.9 Å². The van der Waals surface area contributed by atoms with Crippen LogP contribution in [0.1, 0.15) is 0 Å². The van der Waals surface area contributed by atoms with Crippen molar-refractivity contribution in [3.05, 3.63) is 69.2 Å². The van der Waals surface area contributed by atoms with Crippen molar-refractivity contribution in [2.24, 2.45) is 0 Å². The molecule has 0 atom stereocenters. The van der Waals surface area contributed by atoms with Crippen molar-refractivity contribution < 1.29 is 9.85 Å². The number of rotatable bonds is 2. The highest BCUT2D eigenvalue weighted by molar-refractivity contribution is 5.81. The Bertz CT molecular complexity index is 733. The maximum atomic E-state index is 10.4. The Balaban J connectivity index is 0.000000160. The topological polar surface area (TPSA) is 118 Å². The number of fused-ring (bicyclic) bond motifs is 1. The Morgan fingerprint density at radius 2 is 1.65 bits per heavy atom. The van der Waals surface area contributed by atoms with Crippen LogP contribution >= 0.6 is 0 Å².